The number of hydrogen-bond donors (Lipinski definition) is 2. The first-order chi connectivity index (χ1) is 20.1. The van der Waals surface area contributed by atoms with Crippen LogP contribution >= 0.6 is 0 Å². The van der Waals surface area contributed by atoms with Crippen LogP contribution in [-0.4, -0.2) is 34.3 Å². The van der Waals surface area contributed by atoms with Gasteiger partial charge in [-0.1, -0.05) is 66.6 Å². The summed E-state index contributed by atoms with van der Waals surface area (Å²) < 4.78 is 7.46. The summed E-state index contributed by atoms with van der Waals surface area (Å²) in [5.41, 5.74) is 11.9. The first kappa shape index (κ1) is 29.0. The predicted molar refractivity (Wildman–Crippen MR) is 165 cm³/mol. The van der Waals surface area contributed by atoms with Gasteiger partial charge in [0.1, 0.15) is 11.3 Å². The van der Waals surface area contributed by atoms with E-state index in [1.807, 2.05) is 70.2 Å². The van der Waals surface area contributed by atoms with E-state index in [4.69, 9.17) is 10.3 Å². The molecule has 0 aliphatic heterocycles. The second-order valence-electron chi connectivity index (χ2n) is 12.1. The summed E-state index contributed by atoms with van der Waals surface area (Å²) in [6.45, 7) is 7.92. The van der Waals surface area contributed by atoms with Crippen molar-refractivity contribution in [3.05, 3.63) is 94.0 Å². The second-order valence-corrected chi connectivity index (χ2v) is 12.1. The standard InChI is InChI=1S/C33H38N6O3/c1-21(37-38-34)23-12-13-24-19-30(31(40)35-26-14-16-27(17-15-26)36-32(41)42-33(2,3)4)39(29(24)18-23)20-25-10-7-9-22-8-5-6-11-28(22)25/h5-13,18-19,21,26-27H,14-17,20H2,1-4H3,(H,35,40)(H,36,41). The minimum absolute atomic E-state index is 0.0127. The number of fused-ring (bicyclic) bond motifs is 2. The highest BCUT2D eigenvalue weighted by atomic mass is 16.6. The topological polar surface area (TPSA) is 121 Å². The number of alkyl carbamates (subject to hydrolysis) is 1. The molecule has 1 aromatic heterocycles. The van der Waals surface area contributed by atoms with Crippen molar-refractivity contribution >= 4 is 33.7 Å². The third-order valence-electron chi connectivity index (χ3n) is 7.86. The van der Waals surface area contributed by atoms with Crippen LogP contribution in [0.3, 0.4) is 0 Å². The molecule has 9 heteroatoms. The van der Waals surface area contributed by atoms with Crippen molar-refractivity contribution in [2.45, 2.75) is 83.6 Å². The Kier molecular flexibility index (Phi) is 8.41. The zero-order valence-electron chi connectivity index (χ0n) is 24.6. The Hall–Kier alpha value is -4.49. The molecule has 9 nitrogen and oxygen atoms in total. The summed E-state index contributed by atoms with van der Waals surface area (Å²) in [6.07, 6.45) is 2.67. The van der Waals surface area contributed by atoms with Crippen LogP contribution in [0.4, 0.5) is 4.79 Å². The molecule has 2 amide bonds. The van der Waals surface area contributed by atoms with Gasteiger partial charge in [-0.2, -0.15) is 0 Å². The Labute approximate surface area is 245 Å². The molecule has 1 atom stereocenters. The summed E-state index contributed by atoms with van der Waals surface area (Å²) >= 11 is 0. The van der Waals surface area contributed by atoms with Crippen molar-refractivity contribution < 1.29 is 14.3 Å². The molecule has 1 unspecified atom stereocenters. The van der Waals surface area contributed by atoms with E-state index in [1.165, 1.54) is 0 Å². The Bertz CT molecular complexity index is 1650. The summed E-state index contributed by atoms with van der Waals surface area (Å²) in [5, 5.41) is 13.3. The lowest BCUT2D eigenvalue weighted by Crippen LogP contribution is -2.45. The Balaban J connectivity index is 1.39. The van der Waals surface area contributed by atoms with E-state index in [1.54, 1.807) is 0 Å². The average molecular weight is 567 g/mol. The third-order valence-corrected chi connectivity index (χ3v) is 7.86. The van der Waals surface area contributed by atoms with Gasteiger partial charge in [-0.25, -0.2) is 4.79 Å². The molecule has 42 heavy (non-hydrogen) atoms. The number of carbonyl (C=O) groups excluding carboxylic acids is 2. The van der Waals surface area contributed by atoms with Gasteiger partial charge in [-0.3, -0.25) is 4.79 Å². The fourth-order valence-electron chi connectivity index (χ4n) is 5.75. The lowest BCUT2D eigenvalue weighted by molar-refractivity contribution is 0.0488. The third kappa shape index (κ3) is 6.69. The van der Waals surface area contributed by atoms with Crippen LogP contribution in [0.1, 0.15) is 81.0 Å². The first-order valence-corrected chi connectivity index (χ1v) is 14.6. The van der Waals surface area contributed by atoms with Gasteiger partial charge < -0.3 is 19.9 Å². The maximum Gasteiger partial charge on any atom is 0.407 e. The minimum Gasteiger partial charge on any atom is -0.444 e. The monoisotopic (exact) mass is 566 g/mol. The number of azide groups is 1. The highest BCUT2D eigenvalue weighted by Gasteiger charge is 2.27. The zero-order chi connectivity index (χ0) is 29.9. The van der Waals surface area contributed by atoms with E-state index in [0.29, 0.717) is 12.2 Å². The normalized spacial score (nSPS) is 17.8. The van der Waals surface area contributed by atoms with Crippen molar-refractivity contribution in [2.75, 3.05) is 0 Å². The molecular weight excluding hydrogens is 528 g/mol. The summed E-state index contributed by atoms with van der Waals surface area (Å²) in [7, 11) is 0. The average Bonchev–Trinajstić information content (AvgIpc) is 3.31. The maximum atomic E-state index is 13.8. The maximum absolute atomic E-state index is 13.8. The number of nitrogens with one attached hydrogen (secondary N) is 2. The van der Waals surface area contributed by atoms with Crippen molar-refractivity contribution in [1.82, 2.24) is 15.2 Å². The molecule has 1 aliphatic carbocycles. The lowest BCUT2D eigenvalue weighted by atomic mass is 9.91. The van der Waals surface area contributed by atoms with Crippen molar-refractivity contribution in [3.63, 3.8) is 0 Å². The van der Waals surface area contributed by atoms with E-state index < -0.39 is 11.7 Å². The SMILES string of the molecule is CC(N=[N+]=[N-])c1ccc2cc(C(=O)NC3CCC(NC(=O)OC(C)(C)C)CC3)n(Cc3cccc4ccccc34)c2c1. The van der Waals surface area contributed by atoms with E-state index >= 15 is 0 Å². The fraction of sp³-hybridized carbons (Fsp3) is 0.394. The fourth-order valence-corrected chi connectivity index (χ4v) is 5.75. The van der Waals surface area contributed by atoms with E-state index in [0.717, 1.165) is 58.5 Å². The largest absolute Gasteiger partial charge is 0.444 e. The molecule has 1 heterocycles. The molecule has 3 aromatic carbocycles. The Morgan fingerprint density at radius 2 is 1.67 bits per heavy atom. The number of carbonyl (C=O) groups is 2. The highest BCUT2D eigenvalue weighted by molar-refractivity contribution is 5.99. The predicted octanol–water partition coefficient (Wildman–Crippen LogP) is 7.78. The molecule has 1 fully saturated rings. The van der Waals surface area contributed by atoms with Gasteiger partial charge in [-0.15, -0.1) is 0 Å². The number of nitrogens with zero attached hydrogens (tertiary/aromatic N) is 4. The van der Waals surface area contributed by atoms with Crippen LogP contribution < -0.4 is 10.6 Å². The van der Waals surface area contributed by atoms with Crippen molar-refractivity contribution in [3.8, 4) is 0 Å². The summed E-state index contributed by atoms with van der Waals surface area (Å²) in [6, 6.07) is 22.1. The molecule has 1 aliphatic rings. The smallest absolute Gasteiger partial charge is 0.407 e. The number of benzene rings is 3. The van der Waals surface area contributed by atoms with Crippen LogP contribution in [0.2, 0.25) is 0 Å². The highest BCUT2D eigenvalue weighted by Crippen LogP contribution is 2.29. The quantitative estimate of drug-likeness (QED) is 0.135. The van der Waals surface area contributed by atoms with Gasteiger partial charge in [0.2, 0.25) is 0 Å². The first-order valence-electron chi connectivity index (χ1n) is 14.6. The van der Waals surface area contributed by atoms with Gasteiger partial charge in [0.15, 0.2) is 0 Å². The van der Waals surface area contributed by atoms with Crippen LogP contribution in [0, 0.1) is 0 Å². The van der Waals surface area contributed by atoms with E-state index in [2.05, 4.69) is 49.5 Å². The molecule has 0 spiro atoms. The van der Waals surface area contributed by atoms with E-state index in [-0.39, 0.29) is 24.0 Å². The van der Waals surface area contributed by atoms with Gasteiger partial charge in [-0.05, 0) is 86.0 Å². The Morgan fingerprint density at radius 1 is 0.976 bits per heavy atom. The molecule has 0 radical (unpaired) electrons. The van der Waals surface area contributed by atoms with Crippen molar-refractivity contribution in [1.29, 1.82) is 0 Å². The van der Waals surface area contributed by atoms with Gasteiger partial charge in [0.25, 0.3) is 5.91 Å². The molecule has 2 N–H and O–H groups in total. The summed E-state index contributed by atoms with van der Waals surface area (Å²) in [4.78, 5) is 29.0. The Morgan fingerprint density at radius 3 is 2.38 bits per heavy atom. The van der Waals surface area contributed by atoms with Crippen molar-refractivity contribution in [2.24, 2.45) is 5.11 Å². The number of aromatic nitrogens is 1. The van der Waals surface area contributed by atoms with Crippen LogP contribution in [-0.2, 0) is 11.3 Å². The van der Waals surface area contributed by atoms with E-state index in [9.17, 15) is 9.59 Å². The molecule has 1 saturated carbocycles. The molecule has 5 rings (SSSR count). The molecule has 0 saturated heterocycles. The molecular formula is C33H38N6O3. The van der Waals surface area contributed by atoms with Gasteiger partial charge in [0.05, 0.1) is 6.04 Å². The molecule has 0 bridgehead atoms. The van der Waals surface area contributed by atoms with Crippen LogP contribution in [0.5, 0.6) is 0 Å². The van der Waals surface area contributed by atoms with Gasteiger partial charge >= 0.3 is 6.09 Å². The molecule has 4 aromatic rings. The summed E-state index contributed by atoms with van der Waals surface area (Å²) in [5.74, 6) is -0.125. The minimum atomic E-state index is -0.540. The lowest BCUT2D eigenvalue weighted by Gasteiger charge is -2.30. The number of amides is 2. The van der Waals surface area contributed by atoms with Gasteiger partial charge in [0, 0.05) is 34.4 Å². The van der Waals surface area contributed by atoms with Crippen LogP contribution in [0.25, 0.3) is 32.1 Å². The number of ether oxygens (including phenoxy) is 1. The zero-order valence-corrected chi connectivity index (χ0v) is 24.6. The molecule has 218 valence electrons. The number of rotatable bonds is 7. The number of hydrogen-bond acceptors (Lipinski definition) is 4. The second kappa shape index (κ2) is 12.2. The van der Waals surface area contributed by atoms with Crippen LogP contribution in [0.15, 0.2) is 71.8 Å².